The van der Waals surface area contributed by atoms with Gasteiger partial charge in [0.15, 0.2) is 11.5 Å². The van der Waals surface area contributed by atoms with Crippen LogP contribution in [0.5, 0.6) is 11.5 Å². The minimum absolute atomic E-state index is 0.0685. The maximum atomic E-state index is 11.9. The van der Waals surface area contributed by atoms with Crippen LogP contribution in [0.15, 0.2) is 18.2 Å². The molecule has 0 spiro atoms. The molecule has 6 nitrogen and oxygen atoms in total. The highest BCUT2D eigenvalue weighted by atomic mass is 16.5. The van der Waals surface area contributed by atoms with E-state index in [4.69, 9.17) is 9.47 Å². The van der Waals surface area contributed by atoms with Crippen LogP contribution in [0.1, 0.15) is 39.7 Å². The van der Waals surface area contributed by atoms with Gasteiger partial charge < -0.3 is 19.7 Å². The second-order valence-electron chi connectivity index (χ2n) is 6.68. The summed E-state index contributed by atoms with van der Waals surface area (Å²) in [5.41, 5.74) is 0.640. The Morgan fingerprint density at radius 3 is 2.25 bits per heavy atom. The first-order valence-corrected chi connectivity index (χ1v) is 7.93. The van der Waals surface area contributed by atoms with Crippen molar-refractivity contribution in [3.8, 4) is 11.5 Å². The van der Waals surface area contributed by atoms with E-state index in [1.165, 1.54) is 6.92 Å². The molecular formula is C18H28N2O4. The Labute approximate surface area is 144 Å². The molecular weight excluding hydrogens is 308 g/mol. The molecule has 1 aromatic rings. The molecule has 0 aromatic heterocycles. The first-order valence-electron chi connectivity index (χ1n) is 7.93. The fraction of sp³-hybridized carbons (Fsp3) is 0.556. The monoisotopic (exact) mass is 336 g/mol. The molecule has 1 aromatic carbocycles. The van der Waals surface area contributed by atoms with E-state index in [2.05, 4.69) is 5.32 Å². The summed E-state index contributed by atoms with van der Waals surface area (Å²) in [6.07, 6.45) is 0.268. The predicted octanol–water partition coefficient (Wildman–Crippen LogP) is 2.36. The molecule has 0 aliphatic rings. The quantitative estimate of drug-likeness (QED) is 0.830. The van der Waals surface area contributed by atoms with Crippen molar-refractivity contribution >= 4 is 11.8 Å². The summed E-state index contributed by atoms with van der Waals surface area (Å²) in [7, 11) is 3.15. The van der Waals surface area contributed by atoms with Crippen molar-refractivity contribution in [2.45, 2.75) is 46.2 Å². The number of rotatable bonds is 7. The lowest BCUT2D eigenvalue weighted by atomic mass is 10.1. The van der Waals surface area contributed by atoms with Crippen LogP contribution in [0.25, 0.3) is 0 Å². The SMILES string of the molecule is COc1ccc(CN(CCC(=O)NC(C)(C)C)C(C)=O)cc1OC. The third-order valence-electron chi connectivity index (χ3n) is 3.39. The second-order valence-corrected chi connectivity index (χ2v) is 6.68. The number of ether oxygens (including phenoxy) is 2. The van der Waals surface area contributed by atoms with Gasteiger partial charge in [-0.2, -0.15) is 0 Å². The predicted molar refractivity (Wildman–Crippen MR) is 93.1 cm³/mol. The Balaban J connectivity index is 2.73. The fourth-order valence-corrected chi connectivity index (χ4v) is 2.26. The molecule has 0 aliphatic heterocycles. The largest absolute Gasteiger partial charge is 0.493 e. The van der Waals surface area contributed by atoms with E-state index in [0.29, 0.717) is 24.6 Å². The maximum Gasteiger partial charge on any atom is 0.222 e. The molecule has 0 unspecified atom stereocenters. The number of carbonyl (C=O) groups is 2. The van der Waals surface area contributed by atoms with Gasteiger partial charge in [0.1, 0.15) is 0 Å². The van der Waals surface area contributed by atoms with Gasteiger partial charge >= 0.3 is 0 Å². The molecule has 0 bridgehead atoms. The van der Waals surface area contributed by atoms with Crippen LogP contribution in [0, 0.1) is 0 Å². The number of hydrogen-bond acceptors (Lipinski definition) is 4. The van der Waals surface area contributed by atoms with Crippen molar-refractivity contribution in [2.24, 2.45) is 0 Å². The lowest BCUT2D eigenvalue weighted by Gasteiger charge is -2.24. The van der Waals surface area contributed by atoms with Crippen molar-refractivity contribution in [3.05, 3.63) is 23.8 Å². The van der Waals surface area contributed by atoms with Gasteiger partial charge in [-0.1, -0.05) is 6.07 Å². The van der Waals surface area contributed by atoms with Gasteiger partial charge in [-0.25, -0.2) is 0 Å². The van der Waals surface area contributed by atoms with Gasteiger partial charge in [0.2, 0.25) is 11.8 Å². The highest BCUT2D eigenvalue weighted by molar-refractivity contribution is 5.78. The van der Waals surface area contributed by atoms with Gasteiger partial charge in [-0.15, -0.1) is 0 Å². The summed E-state index contributed by atoms with van der Waals surface area (Å²) < 4.78 is 10.5. The first-order chi connectivity index (χ1) is 11.2. The Morgan fingerprint density at radius 2 is 1.75 bits per heavy atom. The molecule has 0 radical (unpaired) electrons. The summed E-state index contributed by atoms with van der Waals surface area (Å²) in [6, 6.07) is 5.52. The van der Waals surface area contributed by atoms with Crippen molar-refractivity contribution in [2.75, 3.05) is 20.8 Å². The van der Waals surface area contributed by atoms with Crippen LogP contribution in [0.2, 0.25) is 0 Å². The molecule has 0 atom stereocenters. The third-order valence-corrected chi connectivity index (χ3v) is 3.39. The van der Waals surface area contributed by atoms with Crippen molar-refractivity contribution in [3.63, 3.8) is 0 Å². The summed E-state index contributed by atoms with van der Waals surface area (Å²) >= 11 is 0. The molecule has 24 heavy (non-hydrogen) atoms. The number of nitrogens with one attached hydrogen (secondary N) is 1. The molecule has 0 aliphatic carbocycles. The molecule has 0 saturated heterocycles. The molecule has 0 heterocycles. The van der Waals surface area contributed by atoms with E-state index in [1.54, 1.807) is 25.2 Å². The average Bonchev–Trinajstić information content (AvgIpc) is 2.49. The molecule has 1 N–H and O–H groups in total. The smallest absolute Gasteiger partial charge is 0.222 e. The van der Waals surface area contributed by atoms with Gasteiger partial charge in [-0.3, -0.25) is 9.59 Å². The number of carbonyl (C=O) groups excluding carboxylic acids is 2. The van der Waals surface area contributed by atoms with E-state index in [-0.39, 0.29) is 23.8 Å². The number of hydrogen-bond donors (Lipinski definition) is 1. The summed E-state index contributed by atoms with van der Waals surface area (Å²) in [4.78, 5) is 25.4. The van der Waals surface area contributed by atoms with Crippen LogP contribution in [0.3, 0.4) is 0 Å². The number of nitrogens with zero attached hydrogens (tertiary/aromatic N) is 1. The third kappa shape index (κ3) is 6.48. The van der Waals surface area contributed by atoms with E-state index in [0.717, 1.165) is 5.56 Å². The van der Waals surface area contributed by atoms with Gasteiger partial charge in [0, 0.05) is 32.0 Å². The molecule has 6 heteroatoms. The highest BCUT2D eigenvalue weighted by Gasteiger charge is 2.17. The first kappa shape index (κ1) is 19.8. The van der Waals surface area contributed by atoms with Gasteiger partial charge in [0.25, 0.3) is 0 Å². The van der Waals surface area contributed by atoms with Crippen LogP contribution in [0.4, 0.5) is 0 Å². The zero-order chi connectivity index (χ0) is 18.3. The zero-order valence-corrected chi connectivity index (χ0v) is 15.4. The maximum absolute atomic E-state index is 11.9. The van der Waals surface area contributed by atoms with Crippen molar-refractivity contribution in [1.29, 1.82) is 0 Å². The van der Waals surface area contributed by atoms with Crippen LogP contribution in [-0.4, -0.2) is 43.0 Å². The lowest BCUT2D eigenvalue weighted by Crippen LogP contribution is -2.42. The molecule has 134 valence electrons. The Bertz CT molecular complexity index is 579. The molecule has 2 amide bonds. The van der Waals surface area contributed by atoms with Gasteiger partial charge in [0.05, 0.1) is 14.2 Å². The second kappa shape index (κ2) is 8.57. The topological polar surface area (TPSA) is 67.9 Å². The van der Waals surface area contributed by atoms with Gasteiger partial charge in [-0.05, 0) is 38.5 Å². The fourth-order valence-electron chi connectivity index (χ4n) is 2.26. The molecule has 0 fully saturated rings. The summed E-state index contributed by atoms with van der Waals surface area (Å²) in [5.74, 6) is 1.11. The van der Waals surface area contributed by atoms with E-state index in [1.807, 2.05) is 32.9 Å². The van der Waals surface area contributed by atoms with E-state index in [9.17, 15) is 9.59 Å². The number of amides is 2. The summed E-state index contributed by atoms with van der Waals surface area (Å²) in [6.45, 7) is 8.07. The lowest BCUT2D eigenvalue weighted by molar-refractivity contribution is -0.130. The minimum atomic E-state index is -0.276. The van der Waals surface area contributed by atoms with Crippen molar-refractivity contribution < 1.29 is 19.1 Å². The van der Waals surface area contributed by atoms with E-state index >= 15 is 0 Å². The Morgan fingerprint density at radius 1 is 1.12 bits per heavy atom. The summed E-state index contributed by atoms with van der Waals surface area (Å²) in [5, 5.41) is 2.90. The van der Waals surface area contributed by atoms with Crippen molar-refractivity contribution in [1.82, 2.24) is 10.2 Å². The average molecular weight is 336 g/mol. The van der Waals surface area contributed by atoms with E-state index < -0.39 is 0 Å². The van der Waals surface area contributed by atoms with Crippen LogP contribution >= 0.6 is 0 Å². The molecule has 1 rings (SSSR count). The van der Waals surface area contributed by atoms with Crippen LogP contribution < -0.4 is 14.8 Å². The number of benzene rings is 1. The normalized spacial score (nSPS) is 10.9. The Kier molecular flexibility index (Phi) is 7.07. The number of methoxy groups -OCH3 is 2. The standard InChI is InChI=1S/C18H28N2O4/c1-13(21)20(10-9-17(22)19-18(2,3)4)12-14-7-8-15(23-5)16(11-14)24-6/h7-8,11H,9-10,12H2,1-6H3,(H,19,22). The molecule has 0 saturated carbocycles. The van der Waals surface area contributed by atoms with Crippen LogP contribution in [-0.2, 0) is 16.1 Å². The zero-order valence-electron chi connectivity index (χ0n) is 15.4. The Hall–Kier alpha value is -2.24. The minimum Gasteiger partial charge on any atom is -0.493 e. The highest BCUT2D eigenvalue weighted by Crippen LogP contribution is 2.28.